The molecule has 1 aliphatic carbocycles. The van der Waals surface area contributed by atoms with Crippen LogP contribution in [-0.2, 0) is 40.6 Å². The number of aromatic nitrogens is 6. The summed E-state index contributed by atoms with van der Waals surface area (Å²) in [7, 11) is 4.16. The summed E-state index contributed by atoms with van der Waals surface area (Å²) in [5.74, 6) is 1.68. The fourth-order valence-corrected chi connectivity index (χ4v) is 8.72. The second kappa shape index (κ2) is 12.2. The summed E-state index contributed by atoms with van der Waals surface area (Å²) in [4.78, 5) is 19.5. The Kier molecular flexibility index (Phi) is 7.30. The van der Waals surface area contributed by atoms with Gasteiger partial charge in [-0.05, 0) is 58.9 Å². The maximum atomic E-state index is 5.19. The zero-order valence-electron chi connectivity index (χ0n) is 29.4. The second-order valence-corrected chi connectivity index (χ2v) is 13.8. The van der Waals surface area contributed by atoms with Crippen molar-refractivity contribution in [2.75, 3.05) is 0 Å². The number of hydrogen-bond donors (Lipinski definition) is 0. The third kappa shape index (κ3) is 4.44. The van der Waals surface area contributed by atoms with Gasteiger partial charge in [-0.15, -0.1) is 35.4 Å². The van der Waals surface area contributed by atoms with Gasteiger partial charge in [0.2, 0.25) is 0 Å². The van der Waals surface area contributed by atoms with Crippen LogP contribution in [0.3, 0.4) is 0 Å². The van der Waals surface area contributed by atoms with E-state index in [9.17, 15) is 0 Å². The number of pyridine rings is 2. The minimum absolute atomic E-state index is 0. The molecule has 11 rings (SSSR count). The monoisotopic (exact) mass is 873 g/mol. The van der Waals surface area contributed by atoms with Gasteiger partial charge in [0.25, 0.3) is 0 Å². The first-order valence-corrected chi connectivity index (χ1v) is 17.8. The van der Waals surface area contributed by atoms with Gasteiger partial charge in [0.1, 0.15) is 0 Å². The summed E-state index contributed by atoms with van der Waals surface area (Å²) in [5, 5.41) is 4.13. The van der Waals surface area contributed by atoms with Crippen molar-refractivity contribution in [3.63, 3.8) is 0 Å². The zero-order valence-corrected chi connectivity index (χ0v) is 31.6. The third-order valence-electron chi connectivity index (χ3n) is 11.1. The molecule has 54 heavy (non-hydrogen) atoms. The average molecular weight is 874 g/mol. The molecule has 258 valence electrons. The van der Waals surface area contributed by atoms with Crippen LogP contribution in [0.25, 0.3) is 77.5 Å². The number of imidazole rings is 2. The summed E-state index contributed by atoms with van der Waals surface area (Å²) in [6.07, 6.45) is 7.61. The van der Waals surface area contributed by atoms with Gasteiger partial charge in [-0.2, -0.15) is 0 Å². The zero-order chi connectivity index (χ0) is 35.3. The molecule has 0 aliphatic heterocycles. The average Bonchev–Trinajstić information content (AvgIpc) is 3.84. The van der Waals surface area contributed by atoms with E-state index in [-0.39, 0.29) is 21.1 Å². The van der Waals surface area contributed by atoms with Crippen LogP contribution in [-0.4, -0.2) is 29.1 Å². The van der Waals surface area contributed by atoms with Crippen LogP contribution in [0.4, 0.5) is 0 Å². The largest absolute Gasteiger partial charge is 2.00 e. The molecule has 4 heterocycles. The molecule has 0 N–H and O–H groups in total. The molecule has 0 atom stereocenters. The molecule has 0 spiro atoms. The molecule has 10 aromatic rings. The van der Waals surface area contributed by atoms with Gasteiger partial charge in [-0.3, -0.25) is 19.9 Å². The van der Waals surface area contributed by atoms with Gasteiger partial charge in [0.05, 0.1) is 33.7 Å². The first-order valence-electron chi connectivity index (χ1n) is 17.8. The van der Waals surface area contributed by atoms with Gasteiger partial charge in [0.15, 0.2) is 0 Å². The van der Waals surface area contributed by atoms with Crippen LogP contribution in [0.15, 0.2) is 146 Å². The topological polar surface area (TPSA) is 61.4 Å². The first-order chi connectivity index (χ1) is 26.1. The summed E-state index contributed by atoms with van der Waals surface area (Å²) in [6, 6.07) is 51.0. The van der Waals surface area contributed by atoms with E-state index in [1.807, 2.05) is 36.9 Å². The van der Waals surface area contributed by atoms with Gasteiger partial charge >= 0.3 is 21.1 Å². The molecule has 6 nitrogen and oxygen atoms in total. The van der Waals surface area contributed by atoms with E-state index in [1.165, 1.54) is 22.3 Å². The van der Waals surface area contributed by atoms with Gasteiger partial charge in [-0.1, -0.05) is 118 Å². The Morgan fingerprint density at radius 1 is 0.519 bits per heavy atom. The van der Waals surface area contributed by atoms with Crippen LogP contribution in [0, 0.1) is 12.1 Å². The van der Waals surface area contributed by atoms with Gasteiger partial charge in [0, 0.05) is 31.9 Å². The second-order valence-electron chi connectivity index (χ2n) is 13.8. The Labute approximate surface area is 326 Å². The molecule has 0 bridgehead atoms. The summed E-state index contributed by atoms with van der Waals surface area (Å²) in [6.45, 7) is 0. The molecule has 0 radical (unpaired) electrons. The van der Waals surface area contributed by atoms with E-state index in [2.05, 4.69) is 155 Å². The van der Waals surface area contributed by atoms with Crippen molar-refractivity contribution in [2.24, 2.45) is 14.1 Å². The van der Waals surface area contributed by atoms with Crippen molar-refractivity contribution >= 4 is 43.6 Å². The van der Waals surface area contributed by atoms with Crippen molar-refractivity contribution < 1.29 is 21.1 Å². The van der Waals surface area contributed by atoms with Crippen LogP contribution in [0.5, 0.6) is 0 Å². The molecule has 1 aliphatic rings. The normalized spacial score (nSPS) is 13.0. The number of para-hydroxylation sites is 4. The van der Waals surface area contributed by atoms with E-state index in [4.69, 9.17) is 9.97 Å². The van der Waals surface area contributed by atoms with Crippen LogP contribution >= 0.6 is 0 Å². The minimum atomic E-state index is -0.791. The maximum Gasteiger partial charge on any atom is 2.00 e. The van der Waals surface area contributed by atoms with E-state index in [0.29, 0.717) is 0 Å². The summed E-state index contributed by atoms with van der Waals surface area (Å²) in [5.41, 5.74) is 11.8. The third-order valence-corrected chi connectivity index (χ3v) is 11.1. The summed E-state index contributed by atoms with van der Waals surface area (Å²) < 4.78 is 4.33. The van der Waals surface area contributed by atoms with Crippen molar-refractivity contribution in [2.45, 2.75) is 5.41 Å². The summed E-state index contributed by atoms with van der Waals surface area (Å²) >= 11 is 0. The quantitative estimate of drug-likeness (QED) is 0.165. The van der Waals surface area contributed by atoms with E-state index in [1.54, 1.807) is 0 Å². The van der Waals surface area contributed by atoms with Crippen molar-refractivity contribution in [3.05, 3.63) is 181 Å². The van der Waals surface area contributed by atoms with E-state index >= 15 is 0 Å². The molecule has 0 fully saturated rings. The van der Waals surface area contributed by atoms with Crippen molar-refractivity contribution in [3.8, 4) is 33.9 Å². The van der Waals surface area contributed by atoms with E-state index < -0.39 is 5.41 Å². The van der Waals surface area contributed by atoms with Crippen molar-refractivity contribution in [1.82, 2.24) is 29.1 Å². The Hall–Kier alpha value is -6.23. The number of fused-ring (bicyclic) bond motifs is 7. The molecule has 0 amide bonds. The number of aryl methyl sites for hydroxylation is 2. The molecule has 4 aromatic heterocycles. The Balaban J connectivity index is 0.00000361. The standard InChI is InChI=1S/C47H30N6.Pt/c1-52-43-17-9-7-15-41(43)50-45(52)35-25-31(23-29-19-21-48-27-37(29)35)47(39-13-5-3-11-33(39)34-12-4-6-14-40(34)47)32-24-30-20-22-49-28-38(30)36(26-32)46-51-42-16-8-10-18-44(42)53(46)2;/h3-24,27-28H,1-2H3;/q-2;+2. The minimum Gasteiger partial charge on any atom is -0.367 e. The van der Waals surface area contributed by atoms with Crippen LogP contribution in [0.2, 0.25) is 0 Å². The SMILES string of the molecule is Cn1c(-c2[c-]c(C3(c4[c-]c(-c5nc6ccccc6n5C)c5cnccc5c4)c4ccccc4-c4ccccc43)cc3ccncc23)nc2ccccc21.[Pt+2]. The Bertz CT molecular complexity index is 2910. The molecule has 0 saturated carbocycles. The predicted molar refractivity (Wildman–Crippen MR) is 211 cm³/mol. The fraction of sp³-hybridized carbons (Fsp3) is 0.0638. The van der Waals surface area contributed by atoms with Crippen molar-refractivity contribution in [1.29, 1.82) is 0 Å². The Morgan fingerprint density at radius 3 is 1.41 bits per heavy atom. The smallest absolute Gasteiger partial charge is 0.367 e. The Morgan fingerprint density at radius 2 is 0.944 bits per heavy atom. The van der Waals surface area contributed by atoms with Gasteiger partial charge in [-0.25, -0.2) is 0 Å². The fourth-order valence-electron chi connectivity index (χ4n) is 8.72. The molecule has 7 heteroatoms. The van der Waals surface area contributed by atoms with Crippen LogP contribution in [0.1, 0.15) is 22.3 Å². The van der Waals surface area contributed by atoms with E-state index in [0.717, 1.165) is 77.5 Å². The number of rotatable bonds is 4. The molecule has 0 saturated heterocycles. The maximum absolute atomic E-state index is 5.19. The molecular weight excluding hydrogens is 844 g/mol. The van der Waals surface area contributed by atoms with Crippen LogP contribution < -0.4 is 0 Å². The predicted octanol–water partition coefficient (Wildman–Crippen LogP) is 9.85. The number of hydrogen-bond acceptors (Lipinski definition) is 4. The molecule has 6 aromatic carbocycles. The van der Waals surface area contributed by atoms with Gasteiger partial charge < -0.3 is 9.13 Å². The first kappa shape index (κ1) is 32.4. The number of benzene rings is 6. The molecular formula is C47H30N6Pt. The number of nitrogens with zero attached hydrogens (tertiary/aromatic N) is 6. The molecule has 0 unspecified atom stereocenters.